The van der Waals surface area contributed by atoms with E-state index in [1.54, 1.807) is 7.11 Å². The number of methoxy groups -OCH3 is 1. The van der Waals surface area contributed by atoms with E-state index in [4.69, 9.17) is 14.2 Å². The molecule has 1 unspecified atom stereocenters. The molecule has 23 heavy (non-hydrogen) atoms. The lowest BCUT2D eigenvalue weighted by Gasteiger charge is -2.20. The average Bonchev–Trinajstić information content (AvgIpc) is 2.95. The van der Waals surface area contributed by atoms with Crippen molar-refractivity contribution in [2.75, 3.05) is 27.0 Å². The molecule has 2 aliphatic heterocycles. The number of hydrogen-bond acceptors (Lipinski definition) is 4. The monoisotopic (exact) mass is 375 g/mol. The summed E-state index contributed by atoms with van der Waals surface area (Å²) >= 11 is 3.72. The van der Waals surface area contributed by atoms with Crippen LogP contribution >= 0.6 is 15.9 Å². The van der Waals surface area contributed by atoms with Gasteiger partial charge in [-0.25, -0.2) is 0 Å². The highest BCUT2D eigenvalue weighted by Crippen LogP contribution is 2.46. The Morgan fingerprint density at radius 3 is 3.04 bits per heavy atom. The Bertz CT molecular complexity index is 747. The van der Waals surface area contributed by atoms with E-state index < -0.39 is 0 Å². The molecule has 0 fully saturated rings. The van der Waals surface area contributed by atoms with Crippen molar-refractivity contribution in [2.24, 2.45) is 0 Å². The molecule has 4 nitrogen and oxygen atoms in total. The molecule has 1 N–H and O–H groups in total. The van der Waals surface area contributed by atoms with Crippen molar-refractivity contribution in [1.82, 2.24) is 5.32 Å². The van der Waals surface area contributed by atoms with Crippen molar-refractivity contribution in [2.45, 2.75) is 12.3 Å². The van der Waals surface area contributed by atoms with E-state index in [1.165, 1.54) is 16.7 Å². The van der Waals surface area contributed by atoms with Crippen LogP contribution < -0.4 is 19.5 Å². The lowest BCUT2D eigenvalue weighted by molar-refractivity contribution is 0.173. The predicted octanol–water partition coefficient (Wildman–Crippen LogP) is 3.46. The Hall–Kier alpha value is -1.72. The highest BCUT2D eigenvalue weighted by atomic mass is 79.9. The maximum Gasteiger partial charge on any atom is 0.231 e. The number of nitrogens with one attached hydrogen (secondary N) is 1. The first-order chi connectivity index (χ1) is 11.3. The second kappa shape index (κ2) is 6.06. The van der Waals surface area contributed by atoms with E-state index in [1.807, 2.05) is 12.1 Å². The summed E-state index contributed by atoms with van der Waals surface area (Å²) in [5, 5.41) is 3.54. The molecule has 2 aliphatic rings. The number of fused-ring (bicyclic) bond motifs is 2. The summed E-state index contributed by atoms with van der Waals surface area (Å²) in [7, 11) is 1.70. The minimum atomic E-state index is 0.258. The van der Waals surface area contributed by atoms with Gasteiger partial charge in [0.05, 0.1) is 11.6 Å². The Balaban J connectivity index is 1.85. The minimum absolute atomic E-state index is 0.258. The first-order valence-electron chi connectivity index (χ1n) is 7.73. The zero-order valence-electron chi connectivity index (χ0n) is 12.9. The summed E-state index contributed by atoms with van der Waals surface area (Å²) in [5.41, 5.74) is 3.83. The molecule has 5 heteroatoms. The van der Waals surface area contributed by atoms with Gasteiger partial charge >= 0.3 is 0 Å². The molecule has 0 aliphatic carbocycles. The lowest BCUT2D eigenvalue weighted by atomic mass is 9.87. The van der Waals surface area contributed by atoms with Crippen molar-refractivity contribution >= 4 is 15.9 Å². The van der Waals surface area contributed by atoms with Crippen LogP contribution in [0.15, 0.2) is 34.8 Å². The van der Waals surface area contributed by atoms with Crippen molar-refractivity contribution in [1.29, 1.82) is 0 Å². The number of hydrogen-bond donors (Lipinski definition) is 1. The first kappa shape index (κ1) is 14.8. The van der Waals surface area contributed by atoms with Crippen LogP contribution in [0.25, 0.3) is 0 Å². The minimum Gasteiger partial charge on any atom is -0.497 e. The van der Waals surface area contributed by atoms with Crippen LogP contribution in [-0.4, -0.2) is 27.0 Å². The summed E-state index contributed by atoms with van der Waals surface area (Å²) < 4.78 is 17.6. The Kier molecular flexibility index (Phi) is 3.91. The topological polar surface area (TPSA) is 39.7 Å². The third-order valence-electron chi connectivity index (χ3n) is 4.51. The maximum absolute atomic E-state index is 5.62. The van der Waals surface area contributed by atoms with Crippen LogP contribution in [0.1, 0.15) is 22.6 Å². The second-order valence-electron chi connectivity index (χ2n) is 5.78. The van der Waals surface area contributed by atoms with Gasteiger partial charge in [-0.2, -0.15) is 0 Å². The largest absolute Gasteiger partial charge is 0.497 e. The zero-order valence-corrected chi connectivity index (χ0v) is 14.5. The number of halogens is 1. The molecule has 120 valence electrons. The Morgan fingerprint density at radius 1 is 1.26 bits per heavy atom. The number of rotatable bonds is 2. The molecule has 2 aromatic rings. The quantitative estimate of drug-likeness (QED) is 0.872. The number of ether oxygens (including phenoxy) is 3. The van der Waals surface area contributed by atoms with Crippen molar-refractivity contribution in [3.05, 3.63) is 51.5 Å². The van der Waals surface area contributed by atoms with Gasteiger partial charge in [-0.15, -0.1) is 0 Å². The highest BCUT2D eigenvalue weighted by Gasteiger charge is 2.28. The first-order valence-corrected chi connectivity index (χ1v) is 8.52. The molecule has 0 radical (unpaired) electrons. The summed E-state index contributed by atoms with van der Waals surface area (Å²) in [6.07, 6.45) is 0.965. The molecule has 2 aromatic carbocycles. The van der Waals surface area contributed by atoms with Gasteiger partial charge in [0.15, 0.2) is 11.5 Å². The third-order valence-corrected chi connectivity index (χ3v) is 5.35. The average molecular weight is 376 g/mol. The molecule has 1 atom stereocenters. The summed E-state index contributed by atoms with van der Waals surface area (Å²) in [5.74, 6) is 2.79. The molecule has 4 rings (SSSR count). The maximum atomic E-state index is 5.62. The third kappa shape index (κ3) is 2.58. The van der Waals surface area contributed by atoms with Gasteiger partial charge in [-0.1, -0.05) is 12.1 Å². The molecule has 0 aromatic heterocycles. The summed E-state index contributed by atoms with van der Waals surface area (Å²) in [6, 6.07) is 10.4. The molecule has 0 saturated carbocycles. The van der Waals surface area contributed by atoms with Crippen molar-refractivity contribution in [3.63, 3.8) is 0 Å². The van der Waals surface area contributed by atoms with Gasteiger partial charge in [0.25, 0.3) is 0 Å². The zero-order chi connectivity index (χ0) is 15.8. The molecular weight excluding hydrogens is 358 g/mol. The molecule has 2 heterocycles. The highest BCUT2D eigenvalue weighted by molar-refractivity contribution is 9.10. The van der Waals surface area contributed by atoms with E-state index in [9.17, 15) is 0 Å². The molecule has 0 saturated heterocycles. The molecule has 0 spiro atoms. The van der Waals surface area contributed by atoms with Crippen molar-refractivity contribution < 1.29 is 14.2 Å². The Labute approximate surface area is 143 Å². The standard InChI is InChI=1S/C18H18BrNO3/c1-21-12-4-2-3-11(7-12)15-9-20-6-5-13-14(15)8-16-18(17(13)19)23-10-22-16/h2-4,7-8,15,20H,5-6,9-10H2,1H3. The fourth-order valence-corrected chi connectivity index (χ4v) is 4.09. The Morgan fingerprint density at radius 2 is 2.17 bits per heavy atom. The second-order valence-corrected chi connectivity index (χ2v) is 6.57. The lowest BCUT2D eigenvalue weighted by Crippen LogP contribution is -2.20. The fraction of sp³-hybridized carbons (Fsp3) is 0.333. The molecular formula is C18H18BrNO3. The van der Waals surface area contributed by atoms with E-state index in [0.29, 0.717) is 6.79 Å². The smallest absolute Gasteiger partial charge is 0.231 e. The van der Waals surface area contributed by atoms with Gasteiger partial charge in [-0.05, 0) is 63.8 Å². The van der Waals surface area contributed by atoms with Crippen LogP contribution in [0.3, 0.4) is 0 Å². The van der Waals surface area contributed by atoms with Crippen LogP contribution in [0.5, 0.6) is 17.2 Å². The fourth-order valence-electron chi connectivity index (χ4n) is 3.35. The van der Waals surface area contributed by atoms with E-state index in [2.05, 4.69) is 39.4 Å². The van der Waals surface area contributed by atoms with Crippen LogP contribution in [0.2, 0.25) is 0 Å². The summed E-state index contributed by atoms with van der Waals surface area (Å²) in [6.45, 7) is 2.14. The summed E-state index contributed by atoms with van der Waals surface area (Å²) in [4.78, 5) is 0. The SMILES string of the molecule is COc1cccc(C2CNCCc3c2cc2c(c3Br)OCO2)c1. The van der Waals surface area contributed by atoms with E-state index in [0.717, 1.165) is 41.2 Å². The molecule has 0 bridgehead atoms. The van der Waals surface area contributed by atoms with Gasteiger partial charge < -0.3 is 19.5 Å². The van der Waals surface area contributed by atoms with Crippen LogP contribution in [0, 0.1) is 0 Å². The number of benzene rings is 2. The predicted molar refractivity (Wildman–Crippen MR) is 91.7 cm³/mol. The van der Waals surface area contributed by atoms with Crippen molar-refractivity contribution in [3.8, 4) is 17.2 Å². The van der Waals surface area contributed by atoms with Crippen LogP contribution in [-0.2, 0) is 6.42 Å². The molecule has 0 amide bonds. The normalized spacial score (nSPS) is 19.1. The van der Waals surface area contributed by atoms with Gasteiger partial charge in [0.2, 0.25) is 6.79 Å². The van der Waals surface area contributed by atoms with Gasteiger partial charge in [0.1, 0.15) is 5.75 Å². The van der Waals surface area contributed by atoms with E-state index in [-0.39, 0.29) is 5.92 Å². The van der Waals surface area contributed by atoms with E-state index >= 15 is 0 Å². The van der Waals surface area contributed by atoms with Gasteiger partial charge in [0, 0.05) is 12.5 Å². The van der Waals surface area contributed by atoms with Crippen LogP contribution in [0.4, 0.5) is 0 Å². The van der Waals surface area contributed by atoms with Gasteiger partial charge in [-0.3, -0.25) is 0 Å².